The third-order valence-corrected chi connectivity index (χ3v) is 4.72. The molecule has 0 aromatic rings. The van der Waals surface area contributed by atoms with Crippen molar-refractivity contribution in [2.75, 3.05) is 0 Å². The van der Waals surface area contributed by atoms with E-state index in [2.05, 4.69) is 19.2 Å². The molecule has 1 N–H and O–H groups in total. The number of hydrogen-bond donors (Lipinski definition) is 1. The van der Waals surface area contributed by atoms with E-state index in [9.17, 15) is 18.0 Å². The molecule has 0 bridgehead atoms. The first kappa shape index (κ1) is 14.7. The molecule has 2 aliphatic rings. The van der Waals surface area contributed by atoms with Gasteiger partial charge in [0, 0.05) is 6.04 Å². The summed E-state index contributed by atoms with van der Waals surface area (Å²) in [4.78, 5) is 12.0. The highest BCUT2D eigenvalue weighted by atomic mass is 19.4. The van der Waals surface area contributed by atoms with Crippen molar-refractivity contribution in [1.82, 2.24) is 5.32 Å². The lowest BCUT2D eigenvalue weighted by molar-refractivity contribution is -0.193. The van der Waals surface area contributed by atoms with Gasteiger partial charge in [-0.05, 0) is 37.5 Å². The molecule has 19 heavy (non-hydrogen) atoms. The number of rotatable bonds is 3. The van der Waals surface area contributed by atoms with Gasteiger partial charge in [-0.3, -0.25) is 4.79 Å². The number of hydrogen-bond acceptors (Lipinski definition) is 1. The largest absolute Gasteiger partial charge is 0.403 e. The molecule has 0 spiro atoms. The Morgan fingerprint density at radius 3 is 2.26 bits per heavy atom. The minimum atomic E-state index is -4.40. The highest BCUT2D eigenvalue weighted by Crippen LogP contribution is 2.57. The summed E-state index contributed by atoms with van der Waals surface area (Å²) in [6.07, 6.45) is -0.598. The van der Waals surface area contributed by atoms with Crippen LogP contribution in [0, 0.1) is 17.3 Å². The first-order chi connectivity index (χ1) is 8.78. The Morgan fingerprint density at radius 2 is 1.79 bits per heavy atom. The number of halogens is 3. The molecule has 0 saturated heterocycles. The van der Waals surface area contributed by atoms with E-state index >= 15 is 0 Å². The third-order valence-electron chi connectivity index (χ3n) is 4.72. The third kappa shape index (κ3) is 2.75. The first-order valence-corrected chi connectivity index (χ1v) is 7.15. The van der Waals surface area contributed by atoms with Gasteiger partial charge in [0.2, 0.25) is 5.91 Å². The molecule has 0 radical (unpaired) electrons. The van der Waals surface area contributed by atoms with Gasteiger partial charge in [-0.2, -0.15) is 13.2 Å². The molecule has 0 heterocycles. The van der Waals surface area contributed by atoms with Crippen molar-refractivity contribution in [2.24, 2.45) is 17.3 Å². The molecule has 0 aromatic heterocycles. The minimum Gasteiger partial charge on any atom is -0.352 e. The number of carbonyl (C=O) groups excluding carboxylic acids is 1. The predicted octanol–water partition coefficient (Wildman–Crippen LogP) is 3.66. The number of nitrogens with one attached hydrogen (secondary N) is 1. The van der Waals surface area contributed by atoms with E-state index in [1.54, 1.807) is 0 Å². The summed E-state index contributed by atoms with van der Waals surface area (Å²) in [6, 6.07) is -0.0823. The average molecular weight is 277 g/mol. The second kappa shape index (κ2) is 4.98. The molecule has 1 amide bonds. The highest BCUT2D eigenvalue weighted by Gasteiger charge is 2.68. The van der Waals surface area contributed by atoms with Crippen LogP contribution in [0.1, 0.15) is 52.4 Å². The van der Waals surface area contributed by atoms with Gasteiger partial charge < -0.3 is 5.32 Å². The van der Waals surface area contributed by atoms with Crippen LogP contribution in [0.25, 0.3) is 0 Å². The molecule has 2 rings (SSSR count). The Kier molecular flexibility index (Phi) is 3.85. The van der Waals surface area contributed by atoms with Crippen LogP contribution in [0.3, 0.4) is 0 Å². The van der Waals surface area contributed by atoms with Gasteiger partial charge in [0.05, 0.1) is 0 Å². The van der Waals surface area contributed by atoms with E-state index in [1.165, 1.54) is 0 Å². The van der Waals surface area contributed by atoms with Crippen LogP contribution in [0.5, 0.6) is 0 Å². The zero-order valence-electron chi connectivity index (χ0n) is 11.5. The fraction of sp³-hybridized carbons (Fsp3) is 0.929. The molecule has 2 nitrogen and oxygen atoms in total. The van der Waals surface area contributed by atoms with Crippen LogP contribution in [0.2, 0.25) is 0 Å². The summed E-state index contributed by atoms with van der Waals surface area (Å²) in [5.74, 6) is -0.0917. The second-order valence-corrected chi connectivity index (χ2v) is 6.35. The molecule has 2 aliphatic carbocycles. The summed E-state index contributed by atoms with van der Waals surface area (Å²) in [5, 5.41) is 2.70. The van der Waals surface area contributed by atoms with Crippen LogP contribution in [0.15, 0.2) is 0 Å². The summed E-state index contributed by atoms with van der Waals surface area (Å²) in [5.41, 5.74) is -2.08. The molecular formula is C14H22F3NO. The van der Waals surface area contributed by atoms with Gasteiger partial charge in [-0.1, -0.05) is 26.7 Å². The van der Waals surface area contributed by atoms with Gasteiger partial charge in [-0.25, -0.2) is 0 Å². The minimum absolute atomic E-state index is 0.0542. The quantitative estimate of drug-likeness (QED) is 0.838. The van der Waals surface area contributed by atoms with Crippen molar-refractivity contribution in [1.29, 1.82) is 0 Å². The van der Waals surface area contributed by atoms with Crippen molar-refractivity contribution < 1.29 is 18.0 Å². The standard InChI is InChI=1S/C14H22F3NO/c1-9(2)10-5-3-4-6-11(10)18-12(19)13(7-8-13)14(15,16)17/h9-11H,3-8H2,1-2H3,(H,18,19)/t10-,11+/m0/s1. The van der Waals surface area contributed by atoms with Crippen molar-refractivity contribution in [3.05, 3.63) is 0 Å². The van der Waals surface area contributed by atoms with Crippen LogP contribution >= 0.6 is 0 Å². The van der Waals surface area contributed by atoms with Crippen LogP contribution in [-0.2, 0) is 4.79 Å². The number of alkyl halides is 3. The Hall–Kier alpha value is -0.740. The highest BCUT2D eigenvalue weighted by molar-refractivity contribution is 5.86. The zero-order valence-corrected chi connectivity index (χ0v) is 11.5. The van der Waals surface area contributed by atoms with Crippen LogP contribution < -0.4 is 5.32 Å². The van der Waals surface area contributed by atoms with Crippen LogP contribution in [0.4, 0.5) is 13.2 Å². The Bertz CT molecular complexity index is 347. The molecule has 0 unspecified atom stereocenters. The van der Waals surface area contributed by atoms with Crippen molar-refractivity contribution in [3.8, 4) is 0 Å². The molecule has 0 aliphatic heterocycles. The summed E-state index contributed by atoms with van der Waals surface area (Å²) >= 11 is 0. The van der Waals surface area contributed by atoms with E-state index in [4.69, 9.17) is 0 Å². The maximum atomic E-state index is 12.9. The monoisotopic (exact) mass is 277 g/mol. The SMILES string of the molecule is CC(C)[C@@H]1CCCC[C@H]1NC(=O)C1(C(F)(F)F)CC1. The fourth-order valence-corrected chi connectivity index (χ4v) is 3.21. The normalized spacial score (nSPS) is 30.2. The Morgan fingerprint density at radius 1 is 1.21 bits per heavy atom. The number of carbonyl (C=O) groups is 1. The summed E-state index contributed by atoms with van der Waals surface area (Å²) < 4.78 is 38.7. The van der Waals surface area contributed by atoms with Gasteiger partial charge in [-0.15, -0.1) is 0 Å². The van der Waals surface area contributed by atoms with E-state index in [-0.39, 0.29) is 18.9 Å². The number of amides is 1. The first-order valence-electron chi connectivity index (χ1n) is 7.15. The lowest BCUT2D eigenvalue weighted by atomic mass is 9.77. The van der Waals surface area contributed by atoms with E-state index in [0.717, 1.165) is 25.7 Å². The Labute approximate surface area is 112 Å². The van der Waals surface area contributed by atoms with Crippen molar-refractivity contribution >= 4 is 5.91 Å². The molecule has 2 saturated carbocycles. The van der Waals surface area contributed by atoms with Gasteiger partial charge in [0.1, 0.15) is 5.41 Å². The maximum Gasteiger partial charge on any atom is 0.403 e. The summed E-state index contributed by atoms with van der Waals surface area (Å²) in [7, 11) is 0. The smallest absolute Gasteiger partial charge is 0.352 e. The van der Waals surface area contributed by atoms with Gasteiger partial charge in [0.25, 0.3) is 0 Å². The summed E-state index contributed by atoms with van der Waals surface area (Å²) in [6.45, 7) is 4.15. The molecule has 110 valence electrons. The topological polar surface area (TPSA) is 29.1 Å². The van der Waals surface area contributed by atoms with Crippen molar-refractivity contribution in [2.45, 2.75) is 64.6 Å². The van der Waals surface area contributed by atoms with Gasteiger partial charge >= 0.3 is 6.18 Å². The second-order valence-electron chi connectivity index (χ2n) is 6.35. The zero-order chi connectivity index (χ0) is 14.3. The van der Waals surface area contributed by atoms with E-state index in [0.29, 0.717) is 11.8 Å². The van der Waals surface area contributed by atoms with Crippen LogP contribution in [-0.4, -0.2) is 18.1 Å². The maximum absolute atomic E-state index is 12.9. The molecule has 0 aromatic carbocycles. The van der Waals surface area contributed by atoms with E-state index in [1.807, 2.05) is 0 Å². The molecule has 2 fully saturated rings. The van der Waals surface area contributed by atoms with Crippen molar-refractivity contribution in [3.63, 3.8) is 0 Å². The Balaban J connectivity index is 2.02. The average Bonchev–Trinajstić information content (AvgIpc) is 3.09. The lowest BCUT2D eigenvalue weighted by Gasteiger charge is -2.36. The van der Waals surface area contributed by atoms with E-state index < -0.39 is 17.5 Å². The molecular weight excluding hydrogens is 255 g/mol. The van der Waals surface area contributed by atoms with Gasteiger partial charge in [0.15, 0.2) is 0 Å². The predicted molar refractivity (Wildman–Crippen MR) is 66.4 cm³/mol. The fourth-order valence-electron chi connectivity index (χ4n) is 3.21. The molecule has 2 atom stereocenters. The lowest BCUT2D eigenvalue weighted by Crippen LogP contribution is -2.49. The molecule has 5 heteroatoms.